The lowest BCUT2D eigenvalue weighted by molar-refractivity contribution is 0.0951. The van der Waals surface area contributed by atoms with Crippen molar-refractivity contribution in [1.82, 2.24) is 9.62 Å². The molecule has 1 heterocycles. The summed E-state index contributed by atoms with van der Waals surface area (Å²) in [6, 6.07) is 12.6. The molecule has 0 saturated carbocycles. The third-order valence-corrected chi connectivity index (χ3v) is 6.22. The Kier molecular flexibility index (Phi) is 5.68. The van der Waals surface area contributed by atoms with Gasteiger partial charge in [0.25, 0.3) is 5.91 Å². The Bertz CT molecular complexity index is 876. The molecule has 5 nitrogen and oxygen atoms in total. The predicted octanol–water partition coefficient (Wildman–Crippen LogP) is 2.68. The van der Waals surface area contributed by atoms with E-state index in [1.54, 1.807) is 36.4 Å². The molecular weight excluding hydrogens is 355 g/mol. The Labute approximate surface area is 152 Å². The van der Waals surface area contributed by atoms with Gasteiger partial charge >= 0.3 is 0 Å². The summed E-state index contributed by atoms with van der Waals surface area (Å²) in [6.45, 7) is 1.40. The first-order valence-electron chi connectivity index (χ1n) is 8.53. The van der Waals surface area contributed by atoms with E-state index in [1.807, 2.05) is 0 Å². The summed E-state index contributed by atoms with van der Waals surface area (Å²) in [7, 11) is -3.30. The highest BCUT2D eigenvalue weighted by molar-refractivity contribution is 7.88. The monoisotopic (exact) mass is 376 g/mol. The van der Waals surface area contributed by atoms with Crippen molar-refractivity contribution >= 4 is 15.9 Å². The van der Waals surface area contributed by atoms with Crippen LogP contribution in [0.4, 0.5) is 4.39 Å². The standard InChI is InChI=1S/C19H21FN2O3S/c20-18-5-3-4-16(12-18)13-21-19(23)17-8-6-15(7-9-17)14-26(24,25)22-10-1-2-11-22/h3-9,12H,1-2,10-11,13-14H2,(H,21,23). The van der Waals surface area contributed by atoms with Crippen molar-refractivity contribution in [3.63, 3.8) is 0 Å². The van der Waals surface area contributed by atoms with Gasteiger partial charge in [0.1, 0.15) is 5.82 Å². The molecule has 1 aliphatic rings. The van der Waals surface area contributed by atoms with E-state index in [0.29, 0.717) is 29.8 Å². The number of nitrogens with one attached hydrogen (secondary N) is 1. The number of sulfonamides is 1. The van der Waals surface area contributed by atoms with Crippen LogP contribution >= 0.6 is 0 Å². The first kappa shape index (κ1) is 18.5. The van der Waals surface area contributed by atoms with Gasteiger partial charge in [0.05, 0.1) is 5.75 Å². The van der Waals surface area contributed by atoms with Crippen LogP contribution in [0.2, 0.25) is 0 Å². The van der Waals surface area contributed by atoms with Gasteiger partial charge in [-0.3, -0.25) is 4.79 Å². The van der Waals surface area contributed by atoms with E-state index in [9.17, 15) is 17.6 Å². The zero-order valence-electron chi connectivity index (χ0n) is 14.3. The molecule has 0 aromatic heterocycles. The second kappa shape index (κ2) is 7.97. The molecule has 0 bridgehead atoms. The lowest BCUT2D eigenvalue weighted by Gasteiger charge is -2.15. The summed E-state index contributed by atoms with van der Waals surface area (Å²) in [5, 5.41) is 2.72. The first-order valence-corrected chi connectivity index (χ1v) is 10.1. The number of nitrogens with zero attached hydrogens (tertiary/aromatic N) is 1. The largest absolute Gasteiger partial charge is 0.348 e. The average molecular weight is 376 g/mol. The number of amides is 1. The van der Waals surface area contributed by atoms with Crippen LogP contribution in [-0.4, -0.2) is 31.7 Å². The minimum absolute atomic E-state index is 0.0573. The van der Waals surface area contributed by atoms with Gasteiger partial charge < -0.3 is 5.32 Å². The van der Waals surface area contributed by atoms with Crippen LogP contribution < -0.4 is 5.32 Å². The van der Waals surface area contributed by atoms with Gasteiger partial charge in [0, 0.05) is 25.2 Å². The van der Waals surface area contributed by atoms with Crippen molar-refractivity contribution in [3.05, 3.63) is 71.0 Å². The minimum Gasteiger partial charge on any atom is -0.348 e. The number of carbonyl (C=O) groups excluding carboxylic acids is 1. The quantitative estimate of drug-likeness (QED) is 0.843. The third kappa shape index (κ3) is 4.68. The lowest BCUT2D eigenvalue weighted by Crippen LogP contribution is -2.29. The van der Waals surface area contributed by atoms with E-state index in [4.69, 9.17) is 0 Å². The number of hydrogen-bond acceptors (Lipinski definition) is 3. The normalized spacial score (nSPS) is 15.1. The molecule has 0 unspecified atom stereocenters. The predicted molar refractivity (Wildman–Crippen MR) is 97.4 cm³/mol. The maximum atomic E-state index is 13.1. The van der Waals surface area contributed by atoms with Crippen LogP contribution in [0.25, 0.3) is 0 Å². The topological polar surface area (TPSA) is 66.5 Å². The zero-order valence-corrected chi connectivity index (χ0v) is 15.1. The molecule has 1 saturated heterocycles. The Balaban J connectivity index is 1.59. The van der Waals surface area contributed by atoms with Crippen LogP contribution in [0, 0.1) is 5.82 Å². The van der Waals surface area contributed by atoms with Gasteiger partial charge in [0.15, 0.2) is 0 Å². The molecule has 0 aliphatic carbocycles. The van der Waals surface area contributed by atoms with Crippen LogP contribution in [-0.2, 0) is 22.3 Å². The summed E-state index contributed by atoms with van der Waals surface area (Å²) >= 11 is 0. The Morgan fingerprint density at radius 3 is 2.38 bits per heavy atom. The zero-order chi connectivity index (χ0) is 18.6. The van der Waals surface area contributed by atoms with Gasteiger partial charge in [-0.1, -0.05) is 24.3 Å². The molecule has 2 aromatic rings. The van der Waals surface area contributed by atoms with Crippen molar-refractivity contribution in [2.24, 2.45) is 0 Å². The summed E-state index contributed by atoms with van der Waals surface area (Å²) < 4.78 is 39.3. The van der Waals surface area contributed by atoms with Crippen LogP contribution in [0.15, 0.2) is 48.5 Å². The van der Waals surface area contributed by atoms with Gasteiger partial charge in [0.2, 0.25) is 10.0 Å². The molecule has 1 N–H and O–H groups in total. The summed E-state index contributed by atoms with van der Waals surface area (Å²) in [5.74, 6) is -0.693. The number of hydrogen-bond donors (Lipinski definition) is 1. The molecule has 1 amide bonds. The smallest absolute Gasteiger partial charge is 0.251 e. The first-order chi connectivity index (χ1) is 12.4. The fraction of sp³-hybridized carbons (Fsp3) is 0.316. The second-order valence-electron chi connectivity index (χ2n) is 6.37. The van der Waals surface area contributed by atoms with E-state index in [2.05, 4.69) is 5.32 Å². The van der Waals surface area contributed by atoms with Crippen molar-refractivity contribution in [2.45, 2.75) is 25.1 Å². The molecule has 0 radical (unpaired) electrons. The molecule has 138 valence electrons. The van der Waals surface area contributed by atoms with E-state index in [-0.39, 0.29) is 24.0 Å². The number of benzene rings is 2. The van der Waals surface area contributed by atoms with Crippen LogP contribution in [0.3, 0.4) is 0 Å². The second-order valence-corrected chi connectivity index (χ2v) is 8.34. The molecule has 0 spiro atoms. The van der Waals surface area contributed by atoms with E-state index < -0.39 is 10.0 Å². The highest BCUT2D eigenvalue weighted by atomic mass is 32.2. The highest BCUT2D eigenvalue weighted by Crippen LogP contribution is 2.17. The molecule has 2 aromatic carbocycles. The fourth-order valence-electron chi connectivity index (χ4n) is 2.95. The Morgan fingerprint density at radius 1 is 1.04 bits per heavy atom. The Morgan fingerprint density at radius 2 is 1.73 bits per heavy atom. The molecular formula is C19H21FN2O3S. The maximum Gasteiger partial charge on any atom is 0.251 e. The van der Waals surface area contributed by atoms with Crippen molar-refractivity contribution in [3.8, 4) is 0 Å². The fourth-order valence-corrected chi connectivity index (χ4v) is 4.56. The van der Waals surface area contributed by atoms with Gasteiger partial charge in [-0.2, -0.15) is 0 Å². The average Bonchev–Trinajstić information content (AvgIpc) is 3.16. The molecule has 0 atom stereocenters. The summed E-state index contributed by atoms with van der Waals surface area (Å²) in [6.07, 6.45) is 1.81. The number of rotatable bonds is 6. The van der Waals surface area contributed by atoms with Crippen molar-refractivity contribution < 1.29 is 17.6 Å². The molecule has 1 aliphatic heterocycles. The number of carbonyl (C=O) groups is 1. The minimum atomic E-state index is -3.30. The van der Waals surface area contributed by atoms with Gasteiger partial charge in [-0.05, 0) is 48.2 Å². The third-order valence-electron chi connectivity index (χ3n) is 4.37. The molecule has 1 fully saturated rings. The van der Waals surface area contributed by atoms with Crippen LogP contribution in [0.5, 0.6) is 0 Å². The SMILES string of the molecule is O=C(NCc1cccc(F)c1)c1ccc(CS(=O)(=O)N2CCCC2)cc1. The van der Waals surface area contributed by atoms with E-state index >= 15 is 0 Å². The van der Waals surface area contributed by atoms with Gasteiger partial charge in [-0.15, -0.1) is 0 Å². The number of halogens is 1. The van der Waals surface area contributed by atoms with Crippen molar-refractivity contribution in [2.75, 3.05) is 13.1 Å². The molecule has 7 heteroatoms. The highest BCUT2D eigenvalue weighted by Gasteiger charge is 2.25. The lowest BCUT2D eigenvalue weighted by atomic mass is 10.1. The van der Waals surface area contributed by atoms with Crippen LogP contribution in [0.1, 0.15) is 34.3 Å². The molecule has 3 rings (SSSR count). The summed E-state index contributed by atoms with van der Waals surface area (Å²) in [4.78, 5) is 12.2. The van der Waals surface area contributed by atoms with Gasteiger partial charge in [-0.25, -0.2) is 17.1 Å². The Hall–Kier alpha value is -2.25. The van der Waals surface area contributed by atoms with E-state index in [0.717, 1.165) is 12.8 Å². The maximum absolute atomic E-state index is 13.1. The summed E-state index contributed by atoms with van der Waals surface area (Å²) in [5.41, 5.74) is 1.76. The van der Waals surface area contributed by atoms with E-state index in [1.165, 1.54) is 16.4 Å². The van der Waals surface area contributed by atoms with Crippen molar-refractivity contribution in [1.29, 1.82) is 0 Å². The molecule has 26 heavy (non-hydrogen) atoms.